The third kappa shape index (κ3) is 7.20. The van der Waals surface area contributed by atoms with Gasteiger partial charge >= 0.3 is 5.97 Å². The number of rotatable bonds is 7. The van der Waals surface area contributed by atoms with Gasteiger partial charge in [0.25, 0.3) is 0 Å². The van der Waals surface area contributed by atoms with Crippen LogP contribution in [-0.4, -0.2) is 45.2 Å². The Kier molecular flexibility index (Phi) is 10.2. The van der Waals surface area contributed by atoms with Gasteiger partial charge in [-0.2, -0.15) is 0 Å². The smallest absolute Gasteiger partial charge is 0.350 e. The maximum absolute atomic E-state index is 12.0. The minimum Gasteiger partial charge on any atom is -0.462 e. The first-order valence-electron chi connectivity index (χ1n) is 9.06. The van der Waals surface area contributed by atoms with Gasteiger partial charge in [-0.25, -0.2) is 18.2 Å². The van der Waals surface area contributed by atoms with Crippen molar-refractivity contribution in [1.29, 1.82) is 0 Å². The van der Waals surface area contributed by atoms with Crippen molar-refractivity contribution in [1.82, 2.24) is 15.6 Å². The van der Waals surface area contributed by atoms with Crippen molar-refractivity contribution < 1.29 is 17.9 Å². The molecule has 0 aliphatic carbocycles. The predicted molar refractivity (Wildman–Crippen MR) is 130 cm³/mol. The van der Waals surface area contributed by atoms with E-state index in [1.54, 1.807) is 45.2 Å². The highest BCUT2D eigenvalue weighted by Crippen LogP contribution is 2.24. The molecule has 30 heavy (non-hydrogen) atoms. The highest BCUT2D eigenvalue weighted by molar-refractivity contribution is 14.0. The van der Waals surface area contributed by atoms with Gasteiger partial charge in [0.15, 0.2) is 15.8 Å². The van der Waals surface area contributed by atoms with Gasteiger partial charge in [0.1, 0.15) is 9.88 Å². The lowest BCUT2D eigenvalue weighted by molar-refractivity contribution is 0.0531. The number of halogens is 1. The highest BCUT2D eigenvalue weighted by atomic mass is 127. The maximum Gasteiger partial charge on any atom is 0.350 e. The van der Waals surface area contributed by atoms with Crippen molar-refractivity contribution in [2.45, 2.75) is 38.3 Å². The molecule has 8 nitrogen and oxygen atoms in total. The van der Waals surface area contributed by atoms with E-state index in [4.69, 9.17) is 4.74 Å². The number of aromatic nitrogens is 1. The fraction of sp³-hybridized carbons (Fsp3) is 0.421. The summed E-state index contributed by atoms with van der Waals surface area (Å²) in [5, 5.41) is 7.18. The summed E-state index contributed by atoms with van der Waals surface area (Å²) in [4.78, 5) is 21.4. The fourth-order valence-electron chi connectivity index (χ4n) is 2.49. The summed E-state index contributed by atoms with van der Waals surface area (Å²) >= 11 is 1.30. The summed E-state index contributed by atoms with van der Waals surface area (Å²) < 4.78 is 28.1. The van der Waals surface area contributed by atoms with Crippen LogP contribution in [0.4, 0.5) is 0 Å². The number of thiazole rings is 1. The Labute approximate surface area is 198 Å². The molecule has 1 unspecified atom stereocenters. The van der Waals surface area contributed by atoms with E-state index < -0.39 is 9.84 Å². The number of nitrogens with zero attached hydrogens (tertiary/aromatic N) is 2. The van der Waals surface area contributed by atoms with Gasteiger partial charge in [-0.15, -0.1) is 35.3 Å². The lowest BCUT2D eigenvalue weighted by atomic mass is 10.2. The largest absolute Gasteiger partial charge is 0.462 e. The molecule has 2 rings (SSSR count). The van der Waals surface area contributed by atoms with Crippen LogP contribution in [0.5, 0.6) is 0 Å². The van der Waals surface area contributed by atoms with Crippen LogP contribution in [0, 0.1) is 6.92 Å². The Morgan fingerprint density at radius 2 is 1.93 bits per heavy atom. The van der Waals surface area contributed by atoms with Crippen molar-refractivity contribution >= 4 is 57.1 Å². The number of benzene rings is 1. The van der Waals surface area contributed by atoms with E-state index >= 15 is 0 Å². The fourth-order valence-corrected chi connectivity index (χ4v) is 4.08. The van der Waals surface area contributed by atoms with Crippen molar-refractivity contribution in [2.24, 2.45) is 4.99 Å². The van der Waals surface area contributed by atoms with E-state index in [0.717, 1.165) is 10.6 Å². The zero-order valence-electron chi connectivity index (χ0n) is 17.6. The molecule has 1 aromatic heterocycles. The number of carbonyl (C=O) groups is 1. The Bertz CT molecular complexity index is 988. The van der Waals surface area contributed by atoms with E-state index in [2.05, 4.69) is 20.6 Å². The molecule has 11 heteroatoms. The summed E-state index contributed by atoms with van der Waals surface area (Å²) in [7, 11) is -1.55. The van der Waals surface area contributed by atoms with Crippen molar-refractivity contribution in [3.8, 4) is 0 Å². The van der Waals surface area contributed by atoms with Gasteiger partial charge < -0.3 is 15.4 Å². The minimum atomic E-state index is -3.21. The van der Waals surface area contributed by atoms with E-state index in [1.807, 2.05) is 6.92 Å². The van der Waals surface area contributed by atoms with Crippen LogP contribution in [0.25, 0.3) is 0 Å². The van der Waals surface area contributed by atoms with Crippen LogP contribution in [0.2, 0.25) is 0 Å². The van der Waals surface area contributed by atoms with Crippen LogP contribution < -0.4 is 10.6 Å². The molecule has 1 aromatic carbocycles. The topological polar surface area (TPSA) is 110 Å². The predicted octanol–water partition coefficient (Wildman–Crippen LogP) is 3.08. The first kappa shape index (κ1) is 26.3. The molecule has 0 radical (unpaired) electrons. The first-order valence-corrected chi connectivity index (χ1v) is 11.8. The molecule has 0 spiro atoms. The number of hydrogen-bond acceptors (Lipinski definition) is 7. The highest BCUT2D eigenvalue weighted by Gasteiger charge is 2.20. The Morgan fingerprint density at radius 3 is 2.47 bits per heavy atom. The number of hydrogen-bond donors (Lipinski definition) is 2. The summed E-state index contributed by atoms with van der Waals surface area (Å²) in [6.07, 6.45) is 1.18. The molecule has 0 aliphatic heterocycles. The Balaban J connectivity index is 0.00000450. The number of carbonyl (C=O) groups excluding carboxylic acids is 1. The van der Waals surface area contributed by atoms with Crippen molar-refractivity contribution in [3.05, 3.63) is 45.4 Å². The summed E-state index contributed by atoms with van der Waals surface area (Å²) in [5.41, 5.74) is 1.56. The summed E-state index contributed by atoms with van der Waals surface area (Å²) in [6, 6.07) is 6.52. The normalized spacial score (nSPS) is 12.6. The number of aliphatic imine (C=N–C) groups is 1. The maximum atomic E-state index is 12.0. The Morgan fingerprint density at radius 1 is 1.30 bits per heavy atom. The van der Waals surface area contributed by atoms with Gasteiger partial charge in [-0.1, -0.05) is 12.1 Å². The van der Waals surface area contributed by atoms with Gasteiger partial charge in [0, 0.05) is 19.8 Å². The number of nitrogens with one attached hydrogen (secondary N) is 2. The number of guanidine groups is 1. The average molecular weight is 566 g/mol. The van der Waals surface area contributed by atoms with E-state index in [0.29, 0.717) is 29.7 Å². The Hall–Kier alpha value is -1.73. The third-order valence-corrected chi connectivity index (χ3v) is 6.48. The third-order valence-electron chi connectivity index (χ3n) is 4.03. The zero-order chi connectivity index (χ0) is 21.6. The van der Waals surface area contributed by atoms with E-state index in [9.17, 15) is 13.2 Å². The second-order valence-corrected chi connectivity index (χ2v) is 9.44. The van der Waals surface area contributed by atoms with Crippen molar-refractivity contribution in [2.75, 3.05) is 19.9 Å². The molecule has 0 saturated carbocycles. The van der Waals surface area contributed by atoms with Gasteiger partial charge in [0.2, 0.25) is 0 Å². The molecule has 0 saturated heterocycles. The number of sulfone groups is 1. The molecule has 0 fully saturated rings. The number of aryl methyl sites for hydroxylation is 1. The van der Waals surface area contributed by atoms with Gasteiger partial charge in [0.05, 0.1) is 23.2 Å². The monoisotopic (exact) mass is 566 g/mol. The quantitative estimate of drug-likeness (QED) is 0.230. The summed E-state index contributed by atoms with van der Waals surface area (Å²) in [6.45, 7) is 6.28. The lowest BCUT2D eigenvalue weighted by Crippen LogP contribution is -2.38. The van der Waals surface area contributed by atoms with Crippen LogP contribution in [0.3, 0.4) is 0 Å². The molecule has 0 aliphatic rings. The molecule has 1 heterocycles. The molecule has 166 valence electrons. The van der Waals surface area contributed by atoms with E-state index in [-0.39, 0.29) is 40.9 Å². The zero-order valence-corrected chi connectivity index (χ0v) is 21.5. The molecular weight excluding hydrogens is 539 g/mol. The second kappa shape index (κ2) is 11.6. The van der Waals surface area contributed by atoms with Gasteiger partial charge in [-0.3, -0.25) is 4.99 Å². The van der Waals surface area contributed by atoms with Crippen LogP contribution in [0.15, 0.2) is 34.2 Å². The SMILES string of the molecule is CCOC(=O)c1sc(C(C)NC(=NC)NCc2ccc(S(C)(=O)=O)cc2)nc1C.I. The van der Waals surface area contributed by atoms with Crippen molar-refractivity contribution in [3.63, 3.8) is 0 Å². The molecule has 0 amide bonds. The van der Waals surface area contributed by atoms with Gasteiger partial charge in [-0.05, 0) is 38.5 Å². The van der Waals surface area contributed by atoms with Crippen LogP contribution in [-0.2, 0) is 21.1 Å². The molecule has 2 N–H and O–H groups in total. The number of esters is 1. The lowest BCUT2D eigenvalue weighted by Gasteiger charge is -2.16. The van der Waals surface area contributed by atoms with Crippen LogP contribution in [0.1, 0.15) is 45.8 Å². The first-order chi connectivity index (χ1) is 13.7. The molecule has 0 bridgehead atoms. The average Bonchev–Trinajstić information content (AvgIpc) is 3.06. The van der Waals surface area contributed by atoms with E-state index in [1.165, 1.54) is 17.6 Å². The second-order valence-electron chi connectivity index (χ2n) is 6.40. The summed E-state index contributed by atoms with van der Waals surface area (Å²) in [5.74, 6) is 0.205. The minimum absolute atomic E-state index is 0. The molecule has 2 aromatic rings. The standard InChI is InChI=1S/C19H26N4O4S2.HI/c1-6-27-18(24)16-12(2)22-17(28-16)13(3)23-19(20-4)21-11-14-7-9-15(10-8-14)29(5,25)26;/h7-10,13H,6,11H2,1-5H3,(H2,20,21,23);1H. The van der Waals surface area contributed by atoms with Crippen LogP contribution >= 0.6 is 35.3 Å². The molecule has 1 atom stereocenters. The number of ether oxygens (including phenoxy) is 1. The molecular formula is C19H27IN4O4S2.